The van der Waals surface area contributed by atoms with Gasteiger partial charge in [0.25, 0.3) is 0 Å². The zero-order valence-corrected chi connectivity index (χ0v) is 16.8. The number of anilines is 1. The molecule has 0 spiro atoms. The third kappa shape index (κ3) is 3.65. The molecule has 6 nitrogen and oxygen atoms in total. The van der Waals surface area contributed by atoms with Crippen LogP contribution < -0.4 is 10.1 Å². The number of methoxy groups -OCH3 is 2. The molecule has 1 N–H and O–H groups in total. The number of aromatic nitrogens is 1. The van der Waals surface area contributed by atoms with Crippen LogP contribution in [0.4, 0.5) is 5.69 Å². The van der Waals surface area contributed by atoms with E-state index in [4.69, 9.17) is 14.5 Å². The first-order chi connectivity index (χ1) is 13.7. The van der Waals surface area contributed by atoms with Gasteiger partial charge in [0.15, 0.2) is 0 Å². The van der Waals surface area contributed by atoms with Gasteiger partial charge >= 0.3 is 0 Å². The van der Waals surface area contributed by atoms with Crippen LogP contribution in [0.3, 0.4) is 0 Å². The third-order valence-electron chi connectivity index (χ3n) is 6.00. The first kappa shape index (κ1) is 19.0. The van der Waals surface area contributed by atoms with Gasteiger partial charge in [-0.1, -0.05) is 0 Å². The molecular formula is C22H28N4O2. The molecule has 6 heteroatoms. The molecule has 28 heavy (non-hydrogen) atoms. The zero-order chi connectivity index (χ0) is 19.5. The number of hydrogen-bond acceptors (Lipinski definition) is 6. The second-order valence-corrected chi connectivity index (χ2v) is 7.70. The molecule has 1 aliphatic heterocycles. The number of benzene rings is 1. The normalized spacial score (nSPS) is 17.5. The Kier molecular flexibility index (Phi) is 5.65. The fourth-order valence-electron chi connectivity index (χ4n) is 4.44. The summed E-state index contributed by atoms with van der Waals surface area (Å²) < 4.78 is 10.7. The predicted octanol–water partition coefficient (Wildman–Crippen LogP) is 3.13. The summed E-state index contributed by atoms with van der Waals surface area (Å²) in [6, 6.07) is 6.53. The largest absolute Gasteiger partial charge is 0.495 e. The smallest absolute Gasteiger partial charge is 0.137 e. The predicted molar refractivity (Wildman–Crippen MR) is 110 cm³/mol. The van der Waals surface area contributed by atoms with Gasteiger partial charge < -0.3 is 19.7 Å². The van der Waals surface area contributed by atoms with Crippen molar-refractivity contribution < 1.29 is 9.47 Å². The van der Waals surface area contributed by atoms with Crippen molar-refractivity contribution in [3.05, 3.63) is 29.0 Å². The van der Waals surface area contributed by atoms with E-state index in [9.17, 15) is 5.26 Å². The first-order valence-corrected chi connectivity index (χ1v) is 10.1. The lowest BCUT2D eigenvalue weighted by atomic mass is 10.0. The Balaban J connectivity index is 1.64. The highest BCUT2D eigenvalue weighted by Crippen LogP contribution is 2.38. The van der Waals surface area contributed by atoms with Gasteiger partial charge in [0.1, 0.15) is 11.8 Å². The number of likely N-dealkylation sites (tertiary alicyclic amines) is 1. The zero-order valence-electron chi connectivity index (χ0n) is 16.8. The maximum Gasteiger partial charge on any atom is 0.137 e. The van der Waals surface area contributed by atoms with Gasteiger partial charge in [0.2, 0.25) is 0 Å². The van der Waals surface area contributed by atoms with Crippen molar-refractivity contribution in [2.24, 2.45) is 0 Å². The van der Waals surface area contributed by atoms with E-state index in [2.05, 4.69) is 16.3 Å². The average Bonchev–Trinajstić information content (AvgIpc) is 3.20. The van der Waals surface area contributed by atoms with E-state index in [0.717, 1.165) is 69.2 Å². The number of aryl methyl sites for hydroxylation is 1. The van der Waals surface area contributed by atoms with Crippen molar-refractivity contribution in [3.8, 4) is 11.8 Å². The van der Waals surface area contributed by atoms with Gasteiger partial charge in [-0.15, -0.1) is 0 Å². The number of ether oxygens (including phenoxy) is 2. The Morgan fingerprint density at radius 1 is 1.25 bits per heavy atom. The second kappa shape index (κ2) is 8.34. The summed E-state index contributed by atoms with van der Waals surface area (Å²) in [4.78, 5) is 7.34. The molecule has 0 radical (unpaired) electrons. The van der Waals surface area contributed by atoms with E-state index < -0.39 is 0 Å². The molecule has 1 aliphatic carbocycles. The van der Waals surface area contributed by atoms with E-state index in [1.54, 1.807) is 14.2 Å². The lowest BCUT2D eigenvalue weighted by Crippen LogP contribution is -2.40. The Morgan fingerprint density at radius 2 is 2.07 bits per heavy atom. The standard InChI is InChI=1S/C22H28N4O2/c1-27-11-10-26-8-6-16(7-9-26)24-22-17-4-3-5-19(17)25-20-12-15(14-23)21(28-2)13-18(20)22/h12-13,16H,3-11H2,1-2H3,(H,24,25). The second-order valence-electron chi connectivity index (χ2n) is 7.70. The lowest BCUT2D eigenvalue weighted by molar-refractivity contribution is 0.132. The van der Waals surface area contributed by atoms with Crippen molar-refractivity contribution in [1.29, 1.82) is 5.26 Å². The van der Waals surface area contributed by atoms with Gasteiger partial charge in [0.05, 0.1) is 24.8 Å². The Bertz CT molecular complexity index is 898. The number of hydrogen-bond donors (Lipinski definition) is 1. The van der Waals surface area contributed by atoms with E-state index in [-0.39, 0.29) is 0 Å². The summed E-state index contributed by atoms with van der Waals surface area (Å²) >= 11 is 0. The summed E-state index contributed by atoms with van der Waals surface area (Å²) in [7, 11) is 3.38. The number of nitriles is 1. The molecule has 0 amide bonds. The van der Waals surface area contributed by atoms with Crippen LogP contribution in [0.25, 0.3) is 10.9 Å². The van der Waals surface area contributed by atoms with Crippen molar-refractivity contribution >= 4 is 16.6 Å². The molecule has 1 aromatic heterocycles. The van der Waals surface area contributed by atoms with Gasteiger partial charge in [-0.05, 0) is 49.8 Å². The van der Waals surface area contributed by atoms with Gasteiger partial charge in [-0.3, -0.25) is 4.98 Å². The van der Waals surface area contributed by atoms with E-state index in [0.29, 0.717) is 17.4 Å². The van der Waals surface area contributed by atoms with E-state index >= 15 is 0 Å². The van der Waals surface area contributed by atoms with Crippen LogP contribution in [0.2, 0.25) is 0 Å². The fourth-order valence-corrected chi connectivity index (χ4v) is 4.44. The Hall–Kier alpha value is -2.36. The fraction of sp³-hybridized carbons (Fsp3) is 0.545. The van der Waals surface area contributed by atoms with Gasteiger partial charge in [0, 0.05) is 49.6 Å². The number of piperidine rings is 1. The number of fused-ring (bicyclic) bond motifs is 2. The minimum Gasteiger partial charge on any atom is -0.495 e. The summed E-state index contributed by atoms with van der Waals surface area (Å²) in [5.74, 6) is 0.618. The van der Waals surface area contributed by atoms with Crippen molar-refractivity contribution in [2.75, 3.05) is 45.8 Å². The summed E-state index contributed by atoms with van der Waals surface area (Å²) in [5, 5.41) is 14.4. The summed E-state index contributed by atoms with van der Waals surface area (Å²) in [6.07, 6.45) is 5.47. The maximum atomic E-state index is 9.43. The third-order valence-corrected chi connectivity index (χ3v) is 6.00. The van der Waals surface area contributed by atoms with Crippen molar-refractivity contribution in [3.63, 3.8) is 0 Å². The molecule has 0 atom stereocenters. The highest BCUT2D eigenvalue weighted by Gasteiger charge is 2.25. The van der Waals surface area contributed by atoms with Crippen LogP contribution in [0, 0.1) is 11.3 Å². The topological polar surface area (TPSA) is 70.4 Å². The first-order valence-electron chi connectivity index (χ1n) is 10.1. The number of nitrogens with one attached hydrogen (secondary N) is 1. The average molecular weight is 380 g/mol. The van der Waals surface area contributed by atoms with Crippen molar-refractivity contribution in [1.82, 2.24) is 9.88 Å². The minimum absolute atomic E-state index is 0.454. The van der Waals surface area contributed by atoms with Gasteiger partial charge in [-0.25, -0.2) is 0 Å². The Morgan fingerprint density at radius 3 is 2.79 bits per heavy atom. The highest BCUT2D eigenvalue weighted by molar-refractivity contribution is 5.96. The number of nitrogens with zero attached hydrogens (tertiary/aromatic N) is 3. The monoisotopic (exact) mass is 380 g/mol. The number of pyridine rings is 1. The van der Waals surface area contributed by atoms with Crippen LogP contribution in [-0.4, -0.2) is 56.4 Å². The molecular weight excluding hydrogens is 352 g/mol. The molecule has 0 bridgehead atoms. The van der Waals surface area contributed by atoms with Crippen LogP contribution in [-0.2, 0) is 17.6 Å². The summed E-state index contributed by atoms with van der Waals surface area (Å²) in [5.41, 5.74) is 5.16. The lowest BCUT2D eigenvalue weighted by Gasteiger charge is -2.33. The Labute approximate surface area is 166 Å². The molecule has 2 aliphatic rings. The molecule has 1 aromatic carbocycles. The molecule has 4 rings (SSSR count). The van der Waals surface area contributed by atoms with Gasteiger partial charge in [-0.2, -0.15) is 5.26 Å². The molecule has 2 aromatic rings. The van der Waals surface area contributed by atoms with Crippen LogP contribution >= 0.6 is 0 Å². The van der Waals surface area contributed by atoms with Crippen LogP contribution in [0.15, 0.2) is 12.1 Å². The molecule has 1 fully saturated rings. The SMILES string of the molecule is COCCN1CCC(Nc2c3c(nc4cc(C#N)c(OC)cc24)CCC3)CC1. The maximum absolute atomic E-state index is 9.43. The quantitative estimate of drug-likeness (QED) is 0.830. The summed E-state index contributed by atoms with van der Waals surface area (Å²) in [6.45, 7) is 3.98. The van der Waals surface area contributed by atoms with E-state index in [1.807, 2.05) is 12.1 Å². The highest BCUT2D eigenvalue weighted by atomic mass is 16.5. The molecule has 0 saturated carbocycles. The minimum atomic E-state index is 0.454. The molecule has 1 saturated heterocycles. The number of rotatable bonds is 6. The molecule has 0 unspecified atom stereocenters. The molecule has 148 valence electrons. The van der Waals surface area contributed by atoms with Crippen LogP contribution in [0.5, 0.6) is 5.75 Å². The van der Waals surface area contributed by atoms with E-state index in [1.165, 1.54) is 16.9 Å². The van der Waals surface area contributed by atoms with Crippen molar-refractivity contribution in [2.45, 2.75) is 38.1 Å². The molecule has 2 heterocycles. The van der Waals surface area contributed by atoms with Crippen LogP contribution in [0.1, 0.15) is 36.1 Å².